The number of hydrogen-bond donors (Lipinski definition) is 2. The summed E-state index contributed by atoms with van der Waals surface area (Å²) < 4.78 is 0. The van der Waals surface area contributed by atoms with Crippen molar-refractivity contribution >= 4 is 5.69 Å². The molecule has 0 atom stereocenters. The van der Waals surface area contributed by atoms with E-state index in [0.717, 1.165) is 12.5 Å². The third kappa shape index (κ3) is 20.9. The van der Waals surface area contributed by atoms with Gasteiger partial charge < -0.3 is 10.6 Å². The molecule has 1 aromatic carbocycles. The van der Waals surface area contributed by atoms with E-state index in [9.17, 15) is 0 Å². The fourth-order valence-corrected chi connectivity index (χ4v) is 2.36. The molecule has 2 heteroatoms. The average molecular weight is 379 g/mol. The molecule has 2 nitrogen and oxygen atoms in total. The molecule has 27 heavy (non-hydrogen) atoms. The molecule has 0 amide bonds. The Kier molecular flexibility index (Phi) is 30.4. The molecule has 2 N–H and O–H groups in total. The van der Waals surface area contributed by atoms with Crippen molar-refractivity contribution in [3.05, 3.63) is 43.0 Å². The van der Waals surface area contributed by atoms with Gasteiger partial charge in [-0.05, 0) is 50.0 Å². The molecule has 1 saturated carbocycles. The van der Waals surface area contributed by atoms with E-state index in [2.05, 4.69) is 82.7 Å². The first-order chi connectivity index (χ1) is 13.1. The average Bonchev–Trinajstić information content (AvgIpc) is 2.76. The van der Waals surface area contributed by atoms with Gasteiger partial charge in [0.15, 0.2) is 0 Å². The molecule has 0 saturated heterocycles. The molecular weight excluding hydrogens is 328 g/mol. The van der Waals surface area contributed by atoms with Crippen molar-refractivity contribution in [2.24, 2.45) is 0 Å². The van der Waals surface area contributed by atoms with Crippen molar-refractivity contribution < 1.29 is 0 Å². The molecule has 0 aromatic heterocycles. The summed E-state index contributed by atoms with van der Waals surface area (Å²) in [7, 11) is 3.90. The second-order valence-corrected chi connectivity index (χ2v) is 6.62. The minimum absolute atomic E-state index is 0.828. The summed E-state index contributed by atoms with van der Waals surface area (Å²) in [6.07, 6.45) is 10.9. The predicted molar refractivity (Wildman–Crippen MR) is 129 cm³/mol. The molecule has 1 aliphatic rings. The van der Waals surface area contributed by atoms with Crippen LogP contribution in [0.5, 0.6) is 0 Å². The summed E-state index contributed by atoms with van der Waals surface area (Å²) >= 11 is 0. The molecule has 0 radical (unpaired) electrons. The Morgan fingerprint density at radius 3 is 1.52 bits per heavy atom. The Bertz CT molecular complexity index is 345. The van der Waals surface area contributed by atoms with E-state index in [1.807, 2.05) is 14.1 Å². The van der Waals surface area contributed by atoms with E-state index in [-0.39, 0.29) is 0 Å². The van der Waals surface area contributed by atoms with Crippen LogP contribution in [-0.4, -0.2) is 20.6 Å². The Morgan fingerprint density at radius 2 is 1.22 bits per heavy atom. The highest BCUT2D eigenvalue weighted by Crippen LogP contribution is 2.32. The highest BCUT2D eigenvalue weighted by atomic mass is 14.8. The van der Waals surface area contributed by atoms with Gasteiger partial charge in [0.1, 0.15) is 0 Å². The molecule has 2 rings (SSSR count). The zero-order valence-electron chi connectivity index (χ0n) is 19.7. The maximum Gasteiger partial charge on any atom is 0.0337 e. The Morgan fingerprint density at radius 1 is 0.815 bits per heavy atom. The van der Waals surface area contributed by atoms with Gasteiger partial charge in [-0.2, -0.15) is 0 Å². The van der Waals surface area contributed by atoms with Crippen LogP contribution in [0.2, 0.25) is 0 Å². The third-order valence-electron chi connectivity index (χ3n) is 4.13. The van der Waals surface area contributed by atoms with Gasteiger partial charge >= 0.3 is 0 Å². The smallest absolute Gasteiger partial charge is 0.0337 e. The lowest BCUT2D eigenvalue weighted by Gasteiger charge is -2.22. The van der Waals surface area contributed by atoms with Gasteiger partial charge in [-0.3, -0.25) is 0 Å². The lowest BCUT2D eigenvalue weighted by molar-refractivity contribution is 0.443. The van der Waals surface area contributed by atoms with E-state index < -0.39 is 0 Å². The van der Waals surface area contributed by atoms with Crippen molar-refractivity contribution in [2.45, 2.75) is 91.9 Å². The Balaban J connectivity index is -0.000000369. The van der Waals surface area contributed by atoms with Crippen molar-refractivity contribution in [3.8, 4) is 0 Å². The van der Waals surface area contributed by atoms with Crippen LogP contribution in [0, 0.1) is 0 Å². The molecule has 160 valence electrons. The van der Waals surface area contributed by atoms with Gasteiger partial charge in [-0.25, -0.2) is 0 Å². The topological polar surface area (TPSA) is 24.1 Å². The molecule has 0 bridgehead atoms. The van der Waals surface area contributed by atoms with E-state index in [1.54, 1.807) is 0 Å². The largest absolute Gasteiger partial charge is 0.388 e. The van der Waals surface area contributed by atoms with Gasteiger partial charge in [0.2, 0.25) is 0 Å². The first kappa shape index (κ1) is 30.4. The van der Waals surface area contributed by atoms with Crippen LogP contribution in [0.4, 0.5) is 5.69 Å². The molecule has 1 fully saturated rings. The standard InChI is InChI=1S/C13H19N.C4H10.C3H9N.C3H8.C2H4/c1-14-13-9-7-12(8-10-13)11-5-3-2-4-6-11;2*1-3-4-2;1-3-2;1-2/h7-11,14H,2-6H2,1H3;3-4H2,1-2H3;4H,3H2,1-2H3;3H2,1-2H3;1-2H2. The van der Waals surface area contributed by atoms with Crippen LogP contribution in [0.25, 0.3) is 0 Å². The summed E-state index contributed by atoms with van der Waals surface area (Å²) in [5.41, 5.74) is 2.74. The molecule has 0 unspecified atom stereocenters. The molecular formula is C25H50N2. The Labute approximate surface area is 172 Å². The summed E-state index contributed by atoms with van der Waals surface area (Å²) in [4.78, 5) is 0. The summed E-state index contributed by atoms with van der Waals surface area (Å²) in [5, 5.41) is 6.09. The van der Waals surface area contributed by atoms with Crippen molar-refractivity contribution in [3.63, 3.8) is 0 Å². The van der Waals surface area contributed by atoms with E-state index in [0.29, 0.717) is 0 Å². The number of anilines is 1. The second kappa shape index (κ2) is 26.9. The van der Waals surface area contributed by atoms with Crippen molar-refractivity contribution in [2.75, 3.05) is 26.0 Å². The number of benzene rings is 1. The van der Waals surface area contributed by atoms with Crippen molar-refractivity contribution in [1.82, 2.24) is 5.32 Å². The second-order valence-electron chi connectivity index (χ2n) is 6.62. The van der Waals surface area contributed by atoms with Gasteiger partial charge in [-0.15, -0.1) is 13.2 Å². The molecule has 0 aliphatic heterocycles. The van der Waals surface area contributed by atoms with Gasteiger partial charge in [-0.1, -0.05) is 85.3 Å². The van der Waals surface area contributed by atoms with E-state index in [4.69, 9.17) is 0 Å². The molecule has 0 heterocycles. The van der Waals surface area contributed by atoms with Crippen molar-refractivity contribution in [1.29, 1.82) is 0 Å². The van der Waals surface area contributed by atoms with Crippen LogP contribution in [0.15, 0.2) is 37.4 Å². The summed E-state index contributed by atoms with van der Waals surface area (Å²) in [6, 6.07) is 8.93. The maximum absolute atomic E-state index is 3.16. The number of hydrogen-bond acceptors (Lipinski definition) is 2. The fourth-order valence-electron chi connectivity index (χ4n) is 2.36. The molecule has 1 aliphatic carbocycles. The third-order valence-corrected chi connectivity index (χ3v) is 4.13. The summed E-state index contributed by atoms with van der Waals surface area (Å²) in [5.74, 6) is 0.828. The normalized spacial score (nSPS) is 12.4. The number of rotatable bonds is 4. The monoisotopic (exact) mass is 378 g/mol. The van der Waals surface area contributed by atoms with E-state index in [1.165, 1.54) is 62.6 Å². The van der Waals surface area contributed by atoms with Gasteiger partial charge in [0.05, 0.1) is 0 Å². The van der Waals surface area contributed by atoms with Gasteiger partial charge in [0, 0.05) is 12.7 Å². The zero-order valence-corrected chi connectivity index (χ0v) is 19.7. The minimum Gasteiger partial charge on any atom is -0.388 e. The summed E-state index contributed by atoms with van der Waals surface area (Å²) in [6.45, 7) is 17.8. The van der Waals surface area contributed by atoms with E-state index >= 15 is 0 Å². The Hall–Kier alpha value is -1.28. The van der Waals surface area contributed by atoms with Crippen LogP contribution in [0.3, 0.4) is 0 Å². The first-order valence-electron chi connectivity index (χ1n) is 11.1. The highest BCUT2D eigenvalue weighted by Gasteiger charge is 2.14. The zero-order chi connectivity index (χ0) is 21.3. The highest BCUT2D eigenvalue weighted by molar-refractivity contribution is 5.44. The van der Waals surface area contributed by atoms with Crippen LogP contribution < -0.4 is 10.6 Å². The molecule has 0 spiro atoms. The molecule has 1 aromatic rings. The fraction of sp³-hybridized carbons (Fsp3) is 0.680. The quantitative estimate of drug-likeness (QED) is 0.518. The van der Waals surface area contributed by atoms with Crippen LogP contribution in [-0.2, 0) is 0 Å². The van der Waals surface area contributed by atoms with Crippen LogP contribution in [0.1, 0.15) is 97.5 Å². The van der Waals surface area contributed by atoms with Crippen LogP contribution >= 0.6 is 0 Å². The lowest BCUT2D eigenvalue weighted by atomic mass is 9.84. The number of unbranched alkanes of at least 4 members (excludes halogenated alkanes) is 1. The van der Waals surface area contributed by atoms with Gasteiger partial charge in [0.25, 0.3) is 0 Å². The maximum atomic E-state index is 3.16. The SMILES string of the molecule is C=C.CCC.CCCC.CCNC.CNc1ccc(C2CCCCC2)cc1. The minimum atomic E-state index is 0.828. The first-order valence-corrected chi connectivity index (χ1v) is 11.1. The lowest BCUT2D eigenvalue weighted by Crippen LogP contribution is -2.04. The number of nitrogens with one attached hydrogen (secondary N) is 2. The predicted octanol–water partition coefficient (Wildman–Crippen LogP) is 8.03.